The molecule has 17 heavy (non-hydrogen) atoms. The zero-order chi connectivity index (χ0) is 12.8. The monoisotopic (exact) mass is 235 g/mol. The van der Waals surface area contributed by atoms with Crippen LogP contribution in [0.5, 0.6) is 0 Å². The van der Waals surface area contributed by atoms with Crippen molar-refractivity contribution < 1.29 is 4.79 Å². The summed E-state index contributed by atoms with van der Waals surface area (Å²) in [6, 6.07) is 0.174. The Balaban J connectivity index is 2.46. The lowest BCUT2D eigenvalue weighted by Gasteiger charge is -2.14. The second kappa shape index (κ2) is 6.33. The molecule has 94 valence electrons. The van der Waals surface area contributed by atoms with Crippen LogP contribution in [0.4, 0.5) is 0 Å². The minimum absolute atomic E-state index is 0.145. The molecule has 0 aliphatic heterocycles. The molecule has 0 spiro atoms. The summed E-state index contributed by atoms with van der Waals surface area (Å²) in [4.78, 5) is 19.9. The van der Waals surface area contributed by atoms with E-state index in [0.717, 1.165) is 18.5 Å². The fourth-order valence-electron chi connectivity index (χ4n) is 1.46. The molecule has 0 fully saturated rings. The standard InChI is InChI=1S/C13H21N3O/c1-9(2)5-6-10(3)16-13(17)12-8-14-11(4)7-15-12/h7-10H,5-6H2,1-4H3,(H,16,17). The third-order valence-electron chi connectivity index (χ3n) is 2.57. The van der Waals surface area contributed by atoms with E-state index >= 15 is 0 Å². The maximum Gasteiger partial charge on any atom is 0.271 e. The molecule has 1 atom stereocenters. The molecule has 0 aromatic carbocycles. The van der Waals surface area contributed by atoms with E-state index in [-0.39, 0.29) is 11.9 Å². The number of nitrogens with one attached hydrogen (secondary N) is 1. The Morgan fingerprint density at radius 2 is 1.94 bits per heavy atom. The molecule has 1 unspecified atom stereocenters. The van der Waals surface area contributed by atoms with Crippen LogP contribution in [0.1, 0.15) is 49.8 Å². The van der Waals surface area contributed by atoms with Crippen molar-refractivity contribution in [3.05, 3.63) is 23.8 Å². The molecule has 1 aromatic rings. The number of rotatable bonds is 5. The molecule has 0 saturated heterocycles. The molecule has 0 saturated carbocycles. The maximum absolute atomic E-state index is 11.8. The summed E-state index contributed by atoms with van der Waals surface area (Å²) >= 11 is 0. The average Bonchev–Trinajstić information content (AvgIpc) is 2.27. The number of aryl methyl sites for hydroxylation is 1. The summed E-state index contributed by atoms with van der Waals surface area (Å²) in [7, 11) is 0. The van der Waals surface area contributed by atoms with E-state index in [2.05, 4.69) is 29.1 Å². The van der Waals surface area contributed by atoms with Gasteiger partial charge < -0.3 is 5.32 Å². The van der Waals surface area contributed by atoms with Crippen LogP contribution in [0.3, 0.4) is 0 Å². The number of carbonyl (C=O) groups excluding carboxylic acids is 1. The van der Waals surface area contributed by atoms with Gasteiger partial charge in [0.1, 0.15) is 5.69 Å². The van der Waals surface area contributed by atoms with E-state index in [1.54, 1.807) is 6.20 Å². The van der Waals surface area contributed by atoms with Gasteiger partial charge in [-0.05, 0) is 32.6 Å². The van der Waals surface area contributed by atoms with Gasteiger partial charge in [0.25, 0.3) is 5.91 Å². The van der Waals surface area contributed by atoms with Gasteiger partial charge in [0.15, 0.2) is 0 Å². The molecule has 1 amide bonds. The van der Waals surface area contributed by atoms with Gasteiger partial charge in [0, 0.05) is 12.2 Å². The highest BCUT2D eigenvalue weighted by atomic mass is 16.1. The van der Waals surface area contributed by atoms with Gasteiger partial charge in [0.05, 0.1) is 11.9 Å². The van der Waals surface area contributed by atoms with Gasteiger partial charge in [-0.1, -0.05) is 13.8 Å². The van der Waals surface area contributed by atoms with Gasteiger partial charge in [-0.3, -0.25) is 9.78 Å². The molecule has 1 N–H and O–H groups in total. The molecule has 0 aliphatic rings. The Labute approximate surface area is 103 Å². The summed E-state index contributed by atoms with van der Waals surface area (Å²) in [5, 5.41) is 2.93. The highest BCUT2D eigenvalue weighted by molar-refractivity contribution is 5.92. The van der Waals surface area contributed by atoms with E-state index in [9.17, 15) is 4.79 Å². The second-order valence-corrected chi connectivity index (χ2v) is 4.89. The third kappa shape index (κ3) is 4.93. The molecular weight excluding hydrogens is 214 g/mol. The van der Waals surface area contributed by atoms with Gasteiger partial charge >= 0.3 is 0 Å². The van der Waals surface area contributed by atoms with Crippen LogP contribution in [0.2, 0.25) is 0 Å². The van der Waals surface area contributed by atoms with Crippen molar-refractivity contribution in [2.75, 3.05) is 0 Å². The number of amides is 1. The molecule has 0 bridgehead atoms. The quantitative estimate of drug-likeness (QED) is 0.852. The predicted molar refractivity (Wildman–Crippen MR) is 67.8 cm³/mol. The first-order chi connectivity index (χ1) is 7.99. The Morgan fingerprint density at radius 1 is 1.24 bits per heavy atom. The molecule has 1 heterocycles. The average molecular weight is 235 g/mol. The summed E-state index contributed by atoms with van der Waals surface area (Å²) in [5.74, 6) is 0.516. The van der Waals surface area contributed by atoms with Crippen LogP contribution in [0.15, 0.2) is 12.4 Å². The molecule has 4 heteroatoms. The molecular formula is C13H21N3O. The number of hydrogen-bond acceptors (Lipinski definition) is 3. The lowest BCUT2D eigenvalue weighted by atomic mass is 10.0. The first kappa shape index (κ1) is 13.6. The Hall–Kier alpha value is -1.45. The number of aromatic nitrogens is 2. The van der Waals surface area contributed by atoms with E-state index in [0.29, 0.717) is 11.6 Å². The summed E-state index contributed by atoms with van der Waals surface area (Å²) in [5.41, 5.74) is 1.20. The van der Waals surface area contributed by atoms with Crippen LogP contribution in [0, 0.1) is 12.8 Å². The normalized spacial score (nSPS) is 12.5. The van der Waals surface area contributed by atoms with Crippen LogP contribution >= 0.6 is 0 Å². The lowest BCUT2D eigenvalue weighted by molar-refractivity contribution is 0.0931. The van der Waals surface area contributed by atoms with Gasteiger partial charge in [-0.15, -0.1) is 0 Å². The highest BCUT2D eigenvalue weighted by Gasteiger charge is 2.11. The summed E-state index contributed by atoms with van der Waals surface area (Å²) < 4.78 is 0. The van der Waals surface area contributed by atoms with E-state index in [1.807, 2.05) is 13.8 Å². The van der Waals surface area contributed by atoms with Crippen LogP contribution in [-0.4, -0.2) is 21.9 Å². The fraction of sp³-hybridized carbons (Fsp3) is 0.615. The van der Waals surface area contributed by atoms with Crippen molar-refractivity contribution in [3.63, 3.8) is 0 Å². The zero-order valence-corrected chi connectivity index (χ0v) is 11.0. The minimum atomic E-state index is -0.145. The predicted octanol–water partition coefficient (Wildman–Crippen LogP) is 2.34. The van der Waals surface area contributed by atoms with Crippen molar-refractivity contribution in [3.8, 4) is 0 Å². The van der Waals surface area contributed by atoms with Gasteiger partial charge in [-0.2, -0.15) is 0 Å². The van der Waals surface area contributed by atoms with Crippen molar-refractivity contribution in [2.45, 2.75) is 46.6 Å². The molecule has 1 aromatic heterocycles. The van der Waals surface area contributed by atoms with Crippen LogP contribution in [-0.2, 0) is 0 Å². The van der Waals surface area contributed by atoms with Crippen molar-refractivity contribution >= 4 is 5.91 Å². The third-order valence-corrected chi connectivity index (χ3v) is 2.57. The van der Waals surface area contributed by atoms with E-state index < -0.39 is 0 Å². The first-order valence-corrected chi connectivity index (χ1v) is 6.08. The Kier molecular flexibility index (Phi) is 5.07. The SMILES string of the molecule is Cc1cnc(C(=O)NC(C)CCC(C)C)cn1. The molecule has 4 nitrogen and oxygen atoms in total. The molecule has 0 radical (unpaired) electrons. The molecule has 0 aliphatic carbocycles. The Morgan fingerprint density at radius 3 is 2.47 bits per heavy atom. The van der Waals surface area contributed by atoms with Crippen LogP contribution in [0.25, 0.3) is 0 Å². The maximum atomic E-state index is 11.8. The molecule has 1 rings (SSSR count). The van der Waals surface area contributed by atoms with Crippen LogP contribution < -0.4 is 5.32 Å². The van der Waals surface area contributed by atoms with Crippen molar-refractivity contribution in [2.24, 2.45) is 5.92 Å². The zero-order valence-electron chi connectivity index (χ0n) is 11.0. The lowest BCUT2D eigenvalue weighted by Crippen LogP contribution is -2.33. The first-order valence-electron chi connectivity index (χ1n) is 6.08. The smallest absolute Gasteiger partial charge is 0.271 e. The number of nitrogens with zero attached hydrogens (tertiary/aromatic N) is 2. The van der Waals surface area contributed by atoms with E-state index in [4.69, 9.17) is 0 Å². The largest absolute Gasteiger partial charge is 0.348 e. The second-order valence-electron chi connectivity index (χ2n) is 4.89. The van der Waals surface area contributed by atoms with Crippen molar-refractivity contribution in [1.29, 1.82) is 0 Å². The van der Waals surface area contributed by atoms with Gasteiger partial charge in [-0.25, -0.2) is 4.98 Å². The van der Waals surface area contributed by atoms with Crippen molar-refractivity contribution in [1.82, 2.24) is 15.3 Å². The fourth-order valence-corrected chi connectivity index (χ4v) is 1.46. The number of hydrogen-bond donors (Lipinski definition) is 1. The Bertz CT molecular complexity index is 359. The van der Waals surface area contributed by atoms with Gasteiger partial charge in [0.2, 0.25) is 0 Å². The summed E-state index contributed by atoms with van der Waals surface area (Å²) in [6.07, 6.45) is 5.22. The topological polar surface area (TPSA) is 54.9 Å². The summed E-state index contributed by atoms with van der Waals surface area (Å²) in [6.45, 7) is 8.22. The minimum Gasteiger partial charge on any atom is -0.348 e. The number of carbonyl (C=O) groups is 1. The van der Waals surface area contributed by atoms with E-state index in [1.165, 1.54) is 6.20 Å². The highest BCUT2D eigenvalue weighted by Crippen LogP contribution is 2.06.